The second-order valence-electron chi connectivity index (χ2n) is 4.75. The van der Waals surface area contributed by atoms with Gasteiger partial charge in [-0.3, -0.25) is 0 Å². The molecule has 0 amide bonds. The standard InChI is InChI=1S/C14H24O2/c1-11(2)7-5-8-12(3)9-6-10-13(4)14(15)16/h8,10-11H,5-7,9H2,1-4H3,(H,15,16). The molecule has 92 valence electrons. The van der Waals surface area contributed by atoms with E-state index in [0.717, 1.165) is 25.2 Å². The van der Waals surface area contributed by atoms with E-state index >= 15 is 0 Å². The van der Waals surface area contributed by atoms with Gasteiger partial charge in [-0.1, -0.05) is 31.6 Å². The van der Waals surface area contributed by atoms with E-state index in [1.54, 1.807) is 13.0 Å². The molecular weight excluding hydrogens is 200 g/mol. The fourth-order valence-electron chi connectivity index (χ4n) is 1.37. The van der Waals surface area contributed by atoms with E-state index in [4.69, 9.17) is 5.11 Å². The SMILES string of the molecule is CC(=CCCC(C)C)CCC=C(C)C(=O)O. The first-order valence-corrected chi connectivity index (χ1v) is 5.99. The third kappa shape index (κ3) is 8.27. The van der Waals surface area contributed by atoms with Gasteiger partial charge in [0.2, 0.25) is 0 Å². The van der Waals surface area contributed by atoms with Gasteiger partial charge >= 0.3 is 5.97 Å². The van der Waals surface area contributed by atoms with Gasteiger partial charge in [-0.15, -0.1) is 0 Å². The van der Waals surface area contributed by atoms with E-state index < -0.39 is 5.97 Å². The van der Waals surface area contributed by atoms with Crippen LogP contribution in [0.2, 0.25) is 0 Å². The van der Waals surface area contributed by atoms with Crippen LogP contribution in [0.4, 0.5) is 0 Å². The molecule has 0 aromatic heterocycles. The number of carboxylic acids is 1. The van der Waals surface area contributed by atoms with E-state index in [9.17, 15) is 4.79 Å². The van der Waals surface area contributed by atoms with Crippen molar-refractivity contribution in [1.29, 1.82) is 0 Å². The van der Waals surface area contributed by atoms with Crippen LogP contribution in [0.15, 0.2) is 23.3 Å². The molecule has 0 heterocycles. The van der Waals surface area contributed by atoms with Gasteiger partial charge in [0.25, 0.3) is 0 Å². The molecule has 0 atom stereocenters. The number of hydrogen-bond acceptors (Lipinski definition) is 1. The Bertz CT molecular complexity index is 272. The molecule has 0 aromatic rings. The van der Waals surface area contributed by atoms with Gasteiger partial charge in [-0.25, -0.2) is 4.79 Å². The summed E-state index contributed by atoms with van der Waals surface area (Å²) in [6.45, 7) is 8.20. The van der Waals surface area contributed by atoms with Crippen molar-refractivity contribution in [3.05, 3.63) is 23.3 Å². The Morgan fingerprint density at radius 3 is 2.31 bits per heavy atom. The zero-order valence-corrected chi connectivity index (χ0v) is 10.9. The summed E-state index contributed by atoms with van der Waals surface area (Å²) in [5.41, 5.74) is 1.80. The van der Waals surface area contributed by atoms with Gasteiger partial charge in [0, 0.05) is 5.57 Å². The minimum absolute atomic E-state index is 0.440. The predicted molar refractivity (Wildman–Crippen MR) is 68.5 cm³/mol. The van der Waals surface area contributed by atoms with Crippen LogP contribution < -0.4 is 0 Å². The van der Waals surface area contributed by atoms with Gasteiger partial charge in [0.15, 0.2) is 0 Å². The summed E-state index contributed by atoms with van der Waals surface area (Å²) in [6.07, 6.45) is 8.20. The Labute approximate surface area is 99.1 Å². The van der Waals surface area contributed by atoms with Gasteiger partial charge in [-0.2, -0.15) is 0 Å². The molecule has 16 heavy (non-hydrogen) atoms. The third-order valence-corrected chi connectivity index (χ3v) is 2.56. The summed E-state index contributed by atoms with van der Waals surface area (Å²) in [6, 6.07) is 0. The molecule has 2 nitrogen and oxygen atoms in total. The van der Waals surface area contributed by atoms with E-state index in [1.807, 2.05) is 0 Å². The molecule has 0 aliphatic heterocycles. The second-order valence-corrected chi connectivity index (χ2v) is 4.75. The van der Waals surface area contributed by atoms with Crippen molar-refractivity contribution in [2.45, 2.75) is 53.4 Å². The third-order valence-electron chi connectivity index (χ3n) is 2.56. The first kappa shape index (κ1) is 14.9. The van der Waals surface area contributed by atoms with Crippen LogP contribution in [0.3, 0.4) is 0 Å². The molecule has 0 aliphatic rings. The van der Waals surface area contributed by atoms with Crippen molar-refractivity contribution in [3.8, 4) is 0 Å². The molecule has 0 fully saturated rings. The minimum atomic E-state index is -0.818. The van der Waals surface area contributed by atoms with E-state index in [-0.39, 0.29) is 0 Å². The molecule has 0 aromatic carbocycles. The Morgan fingerprint density at radius 1 is 1.19 bits per heavy atom. The molecule has 2 heteroatoms. The fourth-order valence-corrected chi connectivity index (χ4v) is 1.37. The zero-order valence-electron chi connectivity index (χ0n) is 10.9. The van der Waals surface area contributed by atoms with Crippen molar-refractivity contribution in [2.24, 2.45) is 5.92 Å². The van der Waals surface area contributed by atoms with Crippen LogP contribution >= 0.6 is 0 Å². The quantitative estimate of drug-likeness (QED) is 0.520. The first-order chi connectivity index (χ1) is 7.43. The van der Waals surface area contributed by atoms with Crippen molar-refractivity contribution in [3.63, 3.8) is 0 Å². The van der Waals surface area contributed by atoms with Gasteiger partial charge in [-0.05, 0) is 45.4 Å². The highest BCUT2D eigenvalue weighted by Crippen LogP contribution is 2.11. The number of allylic oxidation sites excluding steroid dienone is 3. The van der Waals surface area contributed by atoms with Crippen LogP contribution in [-0.4, -0.2) is 11.1 Å². The monoisotopic (exact) mass is 224 g/mol. The normalized spacial score (nSPS) is 13.3. The highest BCUT2D eigenvalue weighted by Gasteiger charge is 1.98. The molecule has 0 bridgehead atoms. The van der Waals surface area contributed by atoms with Gasteiger partial charge in [0.1, 0.15) is 0 Å². The van der Waals surface area contributed by atoms with Crippen LogP contribution in [0.1, 0.15) is 53.4 Å². The lowest BCUT2D eigenvalue weighted by molar-refractivity contribution is -0.132. The predicted octanol–water partition coefficient (Wildman–Crippen LogP) is 4.18. The van der Waals surface area contributed by atoms with E-state index in [2.05, 4.69) is 26.8 Å². The molecular formula is C14H24O2. The lowest BCUT2D eigenvalue weighted by atomic mass is 10.0. The first-order valence-electron chi connectivity index (χ1n) is 5.99. The summed E-state index contributed by atoms with van der Waals surface area (Å²) < 4.78 is 0. The second kappa shape index (κ2) is 8.14. The molecule has 1 N–H and O–H groups in total. The Morgan fingerprint density at radius 2 is 1.81 bits per heavy atom. The number of rotatable bonds is 7. The lowest BCUT2D eigenvalue weighted by Crippen LogP contribution is -1.95. The number of carbonyl (C=O) groups is 1. The molecule has 0 rings (SSSR count). The average molecular weight is 224 g/mol. The summed E-state index contributed by atoms with van der Waals surface area (Å²) in [7, 11) is 0. The van der Waals surface area contributed by atoms with Crippen LogP contribution in [0.25, 0.3) is 0 Å². The van der Waals surface area contributed by atoms with Gasteiger partial charge in [0.05, 0.1) is 0 Å². The van der Waals surface area contributed by atoms with Crippen LogP contribution in [0.5, 0.6) is 0 Å². The Balaban J connectivity index is 3.84. The summed E-state index contributed by atoms with van der Waals surface area (Å²) in [5.74, 6) is -0.0698. The molecule has 0 unspecified atom stereocenters. The van der Waals surface area contributed by atoms with E-state index in [0.29, 0.717) is 5.57 Å². The number of hydrogen-bond donors (Lipinski definition) is 1. The topological polar surface area (TPSA) is 37.3 Å². The van der Waals surface area contributed by atoms with Crippen molar-refractivity contribution in [1.82, 2.24) is 0 Å². The fraction of sp³-hybridized carbons (Fsp3) is 0.643. The molecule has 0 saturated carbocycles. The van der Waals surface area contributed by atoms with Crippen LogP contribution in [-0.2, 0) is 4.79 Å². The zero-order chi connectivity index (χ0) is 12.6. The van der Waals surface area contributed by atoms with Gasteiger partial charge < -0.3 is 5.11 Å². The Hall–Kier alpha value is -1.05. The molecule has 0 saturated heterocycles. The Kier molecular flexibility index (Phi) is 7.61. The molecule has 0 spiro atoms. The molecule has 0 aliphatic carbocycles. The highest BCUT2D eigenvalue weighted by molar-refractivity contribution is 5.85. The lowest BCUT2D eigenvalue weighted by Gasteiger charge is -2.02. The maximum absolute atomic E-state index is 10.5. The maximum Gasteiger partial charge on any atom is 0.330 e. The number of aliphatic carboxylic acids is 1. The average Bonchev–Trinajstić information content (AvgIpc) is 2.16. The summed E-state index contributed by atoms with van der Waals surface area (Å²) in [5, 5.41) is 8.67. The summed E-state index contributed by atoms with van der Waals surface area (Å²) in [4.78, 5) is 10.5. The number of carboxylic acid groups (broad SMARTS) is 1. The van der Waals surface area contributed by atoms with Crippen LogP contribution in [0, 0.1) is 5.92 Å². The van der Waals surface area contributed by atoms with E-state index in [1.165, 1.54) is 12.0 Å². The smallest absolute Gasteiger partial charge is 0.330 e. The maximum atomic E-state index is 10.5. The minimum Gasteiger partial charge on any atom is -0.478 e. The van der Waals surface area contributed by atoms with Crippen molar-refractivity contribution in [2.75, 3.05) is 0 Å². The highest BCUT2D eigenvalue weighted by atomic mass is 16.4. The summed E-state index contributed by atoms with van der Waals surface area (Å²) >= 11 is 0. The largest absolute Gasteiger partial charge is 0.478 e. The molecule has 0 radical (unpaired) electrons. The van der Waals surface area contributed by atoms with Crippen molar-refractivity contribution < 1.29 is 9.90 Å². The van der Waals surface area contributed by atoms with Crippen molar-refractivity contribution >= 4 is 5.97 Å².